The first kappa shape index (κ1) is 12.6. The standard InChI is InChI=1S/C12H12F2O4/c1-7-4-9-10(18-3-2-17-9)5-8(7)6-12(13,14)11(15)16/h4-5H,2-3,6H2,1H3,(H,15,16). The second kappa shape index (κ2) is 4.44. The number of halogens is 2. The minimum absolute atomic E-state index is 0.242. The topological polar surface area (TPSA) is 55.8 Å². The Bertz CT molecular complexity index is 485. The van der Waals surface area contributed by atoms with E-state index in [9.17, 15) is 13.6 Å². The van der Waals surface area contributed by atoms with E-state index in [-0.39, 0.29) is 5.56 Å². The number of hydrogen-bond donors (Lipinski definition) is 1. The highest BCUT2D eigenvalue weighted by atomic mass is 19.3. The third kappa shape index (κ3) is 2.37. The maximum atomic E-state index is 13.2. The minimum Gasteiger partial charge on any atom is -0.486 e. The predicted molar refractivity (Wildman–Crippen MR) is 58.5 cm³/mol. The number of benzene rings is 1. The number of hydrogen-bond acceptors (Lipinski definition) is 3. The van der Waals surface area contributed by atoms with Gasteiger partial charge in [-0.05, 0) is 30.2 Å². The van der Waals surface area contributed by atoms with Gasteiger partial charge in [0.2, 0.25) is 0 Å². The second-order valence-electron chi connectivity index (χ2n) is 4.11. The average molecular weight is 258 g/mol. The van der Waals surface area contributed by atoms with Crippen LogP contribution in [-0.4, -0.2) is 30.2 Å². The van der Waals surface area contributed by atoms with Crippen molar-refractivity contribution in [2.75, 3.05) is 13.2 Å². The molecule has 0 fully saturated rings. The predicted octanol–water partition coefficient (Wildman–Crippen LogP) is 2.03. The van der Waals surface area contributed by atoms with Crippen molar-refractivity contribution in [3.63, 3.8) is 0 Å². The Hall–Kier alpha value is -1.85. The van der Waals surface area contributed by atoms with Crippen molar-refractivity contribution >= 4 is 5.97 Å². The molecule has 1 aliphatic rings. The van der Waals surface area contributed by atoms with Crippen LogP contribution in [-0.2, 0) is 11.2 Å². The maximum absolute atomic E-state index is 13.2. The van der Waals surface area contributed by atoms with Crippen LogP contribution in [0.2, 0.25) is 0 Å². The fourth-order valence-corrected chi connectivity index (χ4v) is 1.74. The molecule has 1 heterocycles. The fraction of sp³-hybridized carbons (Fsp3) is 0.417. The number of carbonyl (C=O) groups is 1. The number of fused-ring (bicyclic) bond motifs is 1. The zero-order valence-electron chi connectivity index (χ0n) is 9.70. The summed E-state index contributed by atoms with van der Waals surface area (Å²) in [6.07, 6.45) is -0.856. The van der Waals surface area contributed by atoms with Gasteiger partial charge in [0.1, 0.15) is 13.2 Å². The van der Waals surface area contributed by atoms with E-state index in [1.54, 1.807) is 13.0 Å². The van der Waals surface area contributed by atoms with Crippen LogP contribution in [0.1, 0.15) is 11.1 Å². The Balaban J connectivity index is 2.31. The Labute approximate surface area is 102 Å². The molecule has 0 atom stereocenters. The van der Waals surface area contributed by atoms with Gasteiger partial charge in [0.05, 0.1) is 0 Å². The Morgan fingerprint density at radius 2 is 1.89 bits per heavy atom. The number of rotatable bonds is 3. The molecule has 0 saturated carbocycles. The molecule has 1 aromatic rings. The molecule has 0 aromatic heterocycles. The van der Waals surface area contributed by atoms with Gasteiger partial charge in [0.25, 0.3) is 0 Å². The first-order valence-electron chi connectivity index (χ1n) is 5.40. The molecule has 0 saturated heterocycles. The third-order valence-corrected chi connectivity index (χ3v) is 2.73. The Morgan fingerprint density at radius 3 is 2.44 bits per heavy atom. The highest BCUT2D eigenvalue weighted by Crippen LogP contribution is 2.35. The van der Waals surface area contributed by atoms with Gasteiger partial charge in [-0.15, -0.1) is 0 Å². The van der Waals surface area contributed by atoms with E-state index < -0.39 is 18.3 Å². The normalized spacial score (nSPS) is 14.4. The number of ether oxygens (including phenoxy) is 2. The largest absolute Gasteiger partial charge is 0.486 e. The number of aryl methyl sites for hydroxylation is 1. The summed E-state index contributed by atoms with van der Waals surface area (Å²) in [5.74, 6) is -5.03. The van der Waals surface area contributed by atoms with E-state index in [0.29, 0.717) is 30.3 Å². The van der Waals surface area contributed by atoms with Crippen molar-refractivity contribution < 1.29 is 28.2 Å². The molecule has 18 heavy (non-hydrogen) atoms. The van der Waals surface area contributed by atoms with Gasteiger partial charge in [0.15, 0.2) is 11.5 Å². The first-order valence-corrected chi connectivity index (χ1v) is 5.40. The van der Waals surface area contributed by atoms with Crippen LogP contribution in [0, 0.1) is 6.92 Å². The van der Waals surface area contributed by atoms with Crippen LogP contribution < -0.4 is 9.47 Å². The smallest absolute Gasteiger partial charge is 0.374 e. The van der Waals surface area contributed by atoms with Gasteiger partial charge < -0.3 is 14.6 Å². The molecule has 98 valence electrons. The summed E-state index contributed by atoms with van der Waals surface area (Å²) in [6.45, 7) is 2.40. The molecule has 1 N–H and O–H groups in total. The van der Waals surface area contributed by atoms with E-state index >= 15 is 0 Å². The van der Waals surface area contributed by atoms with E-state index in [2.05, 4.69) is 0 Å². The SMILES string of the molecule is Cc1cc2c(cc1CC(F)(F)C(=O)O)OCCO2. The lowest BCUT2D eigenvalue weighted by molar-refractivity contribution is -0.164. The van der Waals surface area contributed by atoms with Gasteiger partial charge in [-0.3, -0.25) is 0 Å². The van der Waals surface area contributed by atoms with E-state index in [4.69, 9.17) is 14.6 Å². The van der Waals surface area contributed by atoms with Crippen molar-refractivity contribution in [3.8, 4) is 11.5 Å². The zero-order chi connectivity index (χ0) is 13.3. The Morgan fingerprint density at radius 1 is 1.33 bits per heavy atom. The summed E-state index contributed by atoms with van der Waals surface area (Å²) in [5, 5.41) is 8.43. The zero-order valence-corrected chi connectivity index (χ0v) is 9.70. The molecule has 0 bridgehead atoms. The van der Waals surface area contributed by atoms with Crippen LogP contribution >= 0.6 is 0 Å². The molecule has 0 spiro atoms. The average Bonchev–Trinajstić information content (AvgIpc) is 2.29. The number of carboxylic acid groups (broad SMARTS) is 1. The van der Waals surface area contributed by atoms with Crippen LogP contribution in [0.5, 0.6) is 11.5 Å². The first-order chi connectivity index (χ1) is 8.40. The maximum Gasteiger partial charge on any atom is 0.374 e. The fourth-order valence-electron chi connectivity index (χ4n) is 1.74. The lowest BCUT2D eigenvalue weighted by Gasteiger charge is -2.21. The highest BCUT2D eigenvalue weighted by Gasteiger charge is 2.39. The molecule has 1 aliphatic heterocycles. The third-order valence-electron chi connectivity index (χ3n) is 2.73. The molecule has 0 radical (unpaired) electrons. The molecule has 0 unspecified atom stereocenters. The van der Waals surface area contributed by atoms with Gasteiger partial charge in [-0.1, -0.05) is 0 Å². The van der Waals surface area contributed by atoms with Crippen molar-refractivity contribution in [3.05, 3.63) is 23.3 Å². The molecule has 1 aromatic carbocycles. The summed E-state index contributed by atoms with van der Waals surface area (Å²) in [6, 6.07) is 3.00. The van der Waals surface area contributed by atoms with Crippen LogP contribution in [0.15, 0.2) is 12.1 Å². The quantitative estimate of drug-likeness (QED) is 0.901. The number of carboxylic acids is 1. The summed E-state index contributed by atoms with van der Waals surface area (Å²) >= 11 is 0. The summed E-state index contributed by atoms with van der Waals surface area (Å²) < 4.78 is 36.9. The van der Waals surface area contributed by atoms with E-state index in [1.807, 2.05) is 0 Å². The van der Waals surface area contributed by atoms with Gasteiger partial charge >= 0.3 is 11.9 Å². The van der Waals surface area contributed by atoms with Gasteiger partial charge in [-0.25, -0.2) is 4.79 Å². The minimum atomic E-state index is -3.78. The molecular formula is C12H12F2O4. The molecule has 0 aliphatic carbocycles. The second-order valence-corrected chi connectivity index (χ2v) is 4.11. The molecule has 6 heteroatoms. The van der Waals surface area contributed by atoms with Crippen molar-refractivity contribution in [2.24, 2.45) is 0 Å². The Kier molecular flexibility index (Phi) is 3.11. The van der Waals surface area contributed by atoms with Crippen molar-refractivity contribution in [1.82, 2.24) is 0 Å². The monoisotopic (exact) mass is 258 g/mol. The van der Waals surface area contributed by atoms with Crippen LogP contribution in [0.3, 0.4) is 0 Å². The van der Waals surface area contributed by atoms with Crippen molar-refractivity contribution in [2.45, 2.75) is 19.3 Å². The number of alkyl halides is 2. The van der Waals surface area contributed by atoms with Crippen molar-refractivity contribution in [1.29, 1.82) is 0 Å². The number of aliphatic carboxylic acids is 1. The summed E-state index contributed by atoms with van der Waals surface area (Å²) in [7, 11) is 0. The van der Waals surface area contributed by atoms with Crippen LogP contribution in [0.25, 0.3) is 0 Å². The summed E-state index contributed by atoms with van der Waals surface area (Å²) in [5.41, 5.74) is 0.798. The molecule has 2 rings (SSSR count). The lowest BCUT2D eigenvalue weighted by atomic mass is 10.0. The molecule has 4 nitrogen and oxygen atoms in total. The van der Waals surface area contributed by atoms with E-state index in [1.165, 1.54) is 6.07 Å². The van der Waals surface area contributed by atoms with Gasteiger partial charge in [0, 0.05) is 6.42 Å². The highest BCUT2D eigenvalue weighted by molar-refractivity contribution is 5.75. The lowest BCUT2D eigenvalue weighted by Crippen LogP contribution is -2.31. The van der Waals surface area contributed by atoms with E-state index in [0.717, 1.165) is 0 Å². The molecular weight excluding hydrogens is 246 g/mol. The van der Waals surface area contributed by atoms with Gasteiger partial charge in [-0.2, -0.15) is 8.78 Å². The summed E-state index contributed by atoms with van der Waals surface area (Å²) in [4.78, 5) is 10.4. The van der Waals surface area contributed by atoms with Crippen LogP contribution in [0.4, 0.5) is 8.78 Å². The molecule has 0 amide bonds.